The molecule has 0 saturated heterocycles. The van der Waals surface area contributed by atoms with Gasteiger partial charge < -0.3 is 4.90 Å². The van der Waals surface area contributed by atoms with Gasteiger partial charge in [0.05, 0.1) is 11.4 Å². The maximum atomic E-state index is 15.0. The lowest BCUT2D eigenvalue weighted by atomic mass is 9.87. The molecule has 0 atom stereocenters. The van der Waals surface area contributed by atoms with E-state index in [0.29, 0.717) is 5.57 Å². The zero-order chi connectivity index (χ0) is 30.8. The third kappa shape index (κ3) is 6.74. The number of hydrogen-bond donors (Lipinski definition) is 0. The van der Waals surface area contributed by atoms with Crippen LogP contribution in [0.2, 0.25) is 0 Å². The van der Waals surface area contributed by atoms with Gasteiger partial charge in [-0.1, -0.05) is 97.5 Å². The minimum Gasteiger partial charge on any atom is -0.340 e. The van der Waals surface area contributed by atoms with Gasteiger partial charge in [0.2, 0.25) is 0 Å². The molecule has 0 fully saturated rings. The van der Waals surface area contributed by atoms with Crippen molar-refractivity contribution < 1.29 is 17.6 Å². The molecule has 6 heteroatoms. The van der Waals surface area contributed by atoms with E-state index in [-0.39, 0.29) is 11.3 Å². The molecule has 0 spiro atoms. The normalized spacial score (nSPS) is 13.5. The van der Waals surface area contributed by atoms with Gasteiger partial charge in [-0.3, -0.25) is 0 Å². The second-order valence-corrected chi connectivity index (χ2v) is 13.8. The van der Waals surface area contributed by atoms with Gasteiger partial charge in [0.1, 0.15) is 5.82 Å². The van der Waals surface area contributed by atoms with Crippen molar-refractivity contribution in [3.63, 3.8) is 0 Å². The molecular formula is C36H43F4NS. The Morgan fingerprint density at radius 2 is 1.43 bits per heavy atom. The van der Waals surface area contributed by atoms with Crippen molar-refractivity contribution in [3.05, 3.63) is 81.9 Å². The molecule has 3 aromatic rings. The maximum absolute atomic E-state index is 15.0. The van der Waals surface area contributed by atoms with Crippen molar-refractivity contribution in [2.24, 2.45) is 5.92 Å². The first-order chi connectivity index (χ1) is 19.8. The summed E-state index contributed by atoms with van der Waals surface area (Å²) < 4.78 is 58.0. The van der Waals surface area contributed by atoms with Crippen LogP contribution in [0.1, 0.15) is 102 Å². The summed E-state index contributed by atoms with van der Waals surface area (Å²) in [5, 5.41) is 0. The van der Waals surface area contributed by atoms with Crippen LogP contribution in [0, 0.1) is 36.1 Å². The quantitative estimate of drug-likeness (QED) is 0.0752. The highest BCUT2D eigenvalue weighted by molar-refractivity contribution is 7.99. The summed E-state index contributed by atoms with van der Waals surface area (Å²) in [6.07, 6.45) is 8.59. The molecule has 0 aromatic heterocycles. The van der Waals surface area contributed by atoms with Crippen LogP contribution < -0.4 is 4.90 Å². The smallest absolute Gasteiger partial charge is 0.195 e. The number of rotatable bonds is 10. The van der Waals surface area contributed by atoms with Crippen molar-refractivity contribution in [2.45, 2.75) is 102 Å². The Balaban J connectivity index is 1.76. The van der Waals surface area contributed by atoms with Crippen LogP contribution >= 0.6 is 11.8 Å². The first-order valence-corrected chi connectivity index (χ1v) is 15.9. The average molecular weight is 598 g/mol. The van der Waals surface area contributed by atoms with Crippen molar-refractivity contribution >= 4 is 34.8 Å². The summed E-state index contributed by atoms with van der Waals surface area (Å²) in [6.45, 7) is 14.7. The number of hydrogen-bond acceptors (Lipinski definition) is 2. The first kappa shape index (κ1) is 32.2. The average Bonchev–Trinajstić information content (AvgIpc) is 2.95. The Bertz CT molecular complexity index is 1440. The lowest BCUT2D eigenvalue weighted by Gasteiger charge is -2.34. The molecule has 0 bridgehead atoms. The second-order valence-electron chi connectivity index (χ2n) is 12.7. The summed E-state index contributed by atoms with van der Waals surface area (Å²) in [6, 6.07) is 12.8. The molecule has 4 rings (SSSR count). The predicted molar refractivity (Wildman–Crippen MR) is 170 cm³/mol. The lowest BCUT2D eigenvalue weighted by Crippen LogP contribution is -2.23. The zero-order valence-corrected chi connectivity index (χ0v) is 26.8. The van der Waals surface area contributed by atoms with Gasteiger partial charge in [0, 0.05) is 27.5 Å². The fourth-order valence-electron chi connectivity index (χ4n) is 5.46. The number of unbranched alkanes of at least 4 members (excludes halogenated alkanes) is 5. The van der Waals surface area contributed by atoms with Crippen LogP contribution in [-0.2, 0) is 5.41 Å². The minimum absolute atomic E-state index is 0.00603. The molecule has 0 unspecified atom stereocenters. The molecule has 42 heavy (non-hydrogen) atoms. The van der Waals surface area contributed by atoms with E-state index in [1.54, 1.807) is 11.8 Å². The zero-order valence-electron chi connectivity index (χ0n) is 25.9. The van der Waals surface area contributed by atoms with Gasteiger partial charge in [-0.15, -0.1) is 0 Å². The Kier molecular flexibility index (Phi) is 10.2. The number of nitrogens with zero attached hydrogens (tertiary/aromatic N) is 1. The molecule has 0 aliphatic carbocycles. The highest BCUT2D eigenvalue weighted by atomic mass is 32.2. The monoisotopic (exact) mass is 597 g/mol. The number of benzene rings is 3. The number of allylic oxidation sites excluding steroid dienone is 1. The van der Waals surface area contributed by atoms with E-state index in [1.165, 1.54) is 54.3 Å². The highest BCUT2D eigenvalue weighted by Gasteiger charge is 2.27. The van der Waals surface area contributed by atoms with Crippen molar-refractivity contribution in [1.29, 1.82) is 0 Å². The molecule has 1 heterocycles. The van der Waals surface area contributed by atoms with E-state index in [4.69, 9.17) is 0 Å². The van der Waals surface area contributed by atoms with E-state index < -0.39 is 34.4 Å². The van der Waals surface area contributed by atoms with Gasteiger partial charge in [0.15, 0.2) is 17.5 Å². The van der Waals surface area contributed by atoms with Gasteiger partial charge in [-0.05, 0) is 71.7 Å². The molecule has 226 valence electrons. The van der Waals surface area contributed by atoms with Gasteiger partial charge in [0.25, 0.3) is 0 Å². The Labute approximate surface area is 253 Å². The van der Waals surface area contributed by atoms with E-state index in [9.17, 15) is 17.6 Å². The Hall–Kier alpha value is -2.73. The molecule has 0 radical (unpaired) electrons. The number of anilines is 2. The predicted octanol–water partition coefficient (Wildman–Crippen LogP) is 12.0. The van der Waals surface area contributed by atoms with E-state index in [2.05, 4.69) is 62.9 Å². The summed E-state index contributed by atoms with van der Waals surface area (Å²) >= 11 is 1.70. The third-order valence-corrected chi connectivity index (χ3v) is 9.19. The fraction of sp³-hybridized carbons (Fsp3) is 0.444. The molecule has 0 N–H and O–H groups in total. The standard InChI is InChI=1S/C36H43F4NS/c1-8-9-10-11-12-13-18-41-28-16-14-24(19-30(28)42-31-20-25(36(5,6)7)15-17-29(31)41)26(22(2)3)21-27-32(37)23(4)33(38)35(40)34(27)39/h14-17,19-22H,8-13,18H2,1-7H3/b26-21+. The van der Waals surface area contributed by atoms with Gasteiger partial charge >= 0.3 is 0 Å². The van der Waals surface area contributed by atoms with Crippen LogP contribution in [0.3, 0.4) is 0 Å². The summed E-state index contributed by atoms with van der Waals surface area (Å²) in [4.78, 5) is 4.64. The minimum atomic E-state index is -1.65. The Morgan fingerprint density at radius 1 is 0.810 bits per heavy atom. The molecule has 1 aliphatic heterocycles. The number of fused-ring (bicyclic) bond motifs is 2. The van der Waals surface area contributed by atoms with Gasteiger partial charge in [-0.25, -0.2) is 17.6 Å². The summed E-state index contributed by atoms with van der Waals surface area (Å²) in [5.74, 6) is -5.85. The fourth-order valence-corrected chi connectivity index (χ4v) is 6.64. The molecule has 1 aliphatic rings. The maximum Gasteiger partial charge on any atom is 0.195 e. The van der Waals surface area contributed by atoms with E-state index in [0.717, 1.165) is 36.0 Å². The summed E-state index contributed by atoms with van der Waals surface area (Å²) in [5.41, 5.74) is 3.94. The van der Waals surface area contributed by atoms with Crippen molar-refractivity contribution in [2.75, 3.05) is 11.4 Å². The topological polar surface area (TPSA) is 3.24 Å². The van der Waals surface area contributed by atoms with Crippen LogP contribution in [0.15, 0.2) is 46.2 Å². The molecule has 1 nitrogen and oxygen atoms in total. The van der Waals surface area contributed by atoms with E-state index in [1.807, 2.05) is 19.9 Å². The third-order valence-electron chi connectivity index (χ3n) is 8.09. The SMILES string of the molecule is CCCCCCCCN1c2ccc(/C(=C/c3c(F)c(C)c(F)c(F)c3F)C(C)C)cc2Sc2cc(C(C)(C)C)ccc21. The van der Waals surface area contributed by atoms with E-state index >= 15 is 0 Å². The molecule has 0 saturated carbocycles. The first-order valence-electron chi connectivity index (χ1n) is 15.1. The van der Waals surface area contributed by atoms with Crippen molar-refractivity contribution in [3.8, 4) is 0 Å². The van der Waals surface area contributed by atoms with Crippen LogP contribution in [-0.4, -0.2) is 6.54 Å². The van der Waals surface area contributed by atoms with Crippen molar-refractivity contribution in [1.82, 2.24) is 0 Å². The molecule has 3 aromatic carbocycles. The molecule has 0 amide bonds. The molecular weight excluding hydrogens is 554 g/mol. The lowest BCUT2D eigenvalue weighted by molar-refractivity contribution is 0.427. The summed E-state index contributed by atoms with van der Waals surface area (Å²) in [7, 11) is 0. The van der Waals surface area contributed by atoms with Crippen LogP contribution in [0.4, 0.5) is 28.9 Å². The second kappa shape index (κ2) is 13.3. The van der Waals surface area contributed by atoms with Crippen LogP contribution in [0.5, 0.6) is 0 Å². The van der Waals surface area contributed by atoms with Gasteiger partial charge in [-0.2, -0.15) is 0 Å². The largest absolute Gasteiger partial charge is 0.340 e. The Morgan fingerprint density at radius 3 is 2.07 bits per heavy atom. The van der Waals surface area contributed by atoms with Crippen LogP contribution in [0.25, 0.3) is 11.6 Å². The number of halogens is 4. The highest BCUT2D eigenvalue weighted by Crippen LogP contribution is 2.50.